The van der Waals surface area contributed by atoms with Crippen molar-refractivity contribution in [2.45, 2.75) is 0 Å². The fourth-order valence-electron chi connectivity index (χ4n) is 1.14. The van der Waals surface area contributed by atoms with Crippen molar-refractivity contribution in [3.63, 3.8) is 0 Å². The molecule has 0 amide bonds. The van der Waals surface area contributed by atoms with Crippen molar-refractivity contribution >= 4 is 27.9 Å². The Morgan fingerprint density at radius 2 is 2.07 bits per heavy atom. The summed E-state index contributed by atoms with van der Waals surface area (Å²) in [7, 11) is 0. The van der Waals surface area contributed by atoms with Crippen LogP contribution in [-0.4, -0.2) is 4.37 Å². The van der Waals surface area contributed by atoms with Crippen LogP contribution in [-0.2, 0) is 0 Å². The molecule has 5 heteroatoms. The number of aromatic amines is 1. The average molecular weight is 217 g/mol. The van der Waals surface area contributed by atoms with E-state index in [-0.39, 0.29) is 11.2 Å². The zero-order valence-corrected chi connectivity index (χ0v) is 8.47. The minimum atomic E-state index is -0.339. The Morgan fingerprint density at radius 1 is 1.33 bits per heavy atom. The van der Waals surface area contributed by atoms with Gasteiger partial charge in [-0.2, -0.15) is 0 Å². The van der Waals surface area contributed by atoms with Gasteiger partial charge in [0.05, 0.1) is 6.57 Å². The van der Waals surface area contributed by atoms with E-state index in [0.717, 1.165) is 17.2 Å². The molecule has 74 valence electrons. The van der Waals surface area contributed by atoms with Crippen LogP contribution < -0.4 is 10.9 Å². The van der Waals surface area contributed by atoms with Crippen LogP contribution in [0.4, 0.5) is 16.4 Å². The summed E-state index contributed by atoms with van der Waals surface area (Å²) >= 11 is 1.13. The molecule has 0 unspecified atom stereocenters. The Balaban J connectivity index is 2.34. The number of hydrogen-bond donors (Lipinski definition) is 2. The van der Waals surface area contributed by atoms with Crippen LogP contribution in [0.3, 0.4) is 0 Å². The van der Waals surface area contributed by atoms with Crippen LogP contribution in [0.5, 0.6) is 0 Å². The van der Waals surface area contributed by atoms with Gasteiger partial charge in [0.15, 0.2) is 0 Å². The smallest absolute Gasteiger partial charge is 0.285 e. The van der Waals surface area contributed by atoms with E-state index < -0.39 is 0 Å². The Hall–Kier alpha value is -2.06. The van der Waals surface area contributed by atoms with E-state index in [1.165, 1.54) is 0 Å². The number of nitrogens with one attached hydrogen (secondary N) is 2. The number of benzene rings is 1. The van der Waals surface area contributed by atoms with Crippen LogP contribution in [0, 0.1) is 6.57 Å². The van der Waals surface area contributed by atoms with Gasteiger partial charge in [0.2, 0.25) is 0 Å². The lowest BCUT2D eigenvalue weighted by molar-refractivity contribution is 1.44. The predicted octanol–water partition coefficient (Wildman–Crippen LogP) is 2.73. The molecule has 0 aliphatic heterocycles. The number of anilines is 2. The molecule has 1 aromatic carbocycles. The highest BCUT2D eigenvalue weighted by Crippen LogP contribution is 2.27. The van der Waals surface area contributed by atoms with Crippen LogP contribution >= 0.6 is 11.5 Å². The van der Waals surface area contributed by atoms with Crippen molar-refractivity contribution < 1.29 is 0 Å². The van der Waals surface area contributed by atoms with Gasteiger partial charge in [-0.05, 0) is 12.1 Å². The Morgan fingerprint density at radius 3 is 2.73 bits per heavy atom. The second-order valence-corrected chi connectivity index (χ2v) is 3.63. The zero-order chi connectivity index (χ0) is 10.7. The van der Waals surface area contributed by atoms with Crippen LogP contribution in [0.25, 0.3) is 4.85 Å². The highest BCUT2D eigenvalue weighted by molar-refractivity contribution is 7.11. The molecule has 0 spiro atoms. The quantitative estimate of drug-likeness (QED) is 0.760. The van der Waals surface area contributed by atoms with E-state index in [4.69, 9.17) is 6.57 Å². The van der Waals surface area contributed by atoms with Gasteiger partial charge in [0.1, 0.15) is 5.00 Å². The molecule has 2 N–H and O–H groups in total. The molecular weight excluding hydrogens is 210 g/mol. The monoisotopic (exact) mass is 217 g/mol. The number of H-pyrrole nitrogens is 1. The van der Waals surface area contributed by atoms with Crippen molar-refractivity contribution in [1.82, 2.24) is 4.37 Å². The molecule has 0 aliphatic carbocycles. The van der Waals surface area contributed by atoms with Gasteiger partial charge in [-0.3, -0.25) is 9.17 Å². The number of hydrogen-bond acceptors (Lipinski definition) is 3. The summed E-state index contributed by atoms with van der Waals surface area (Å²) in [6.07, 6.45) is 0. The van der Waals surface area contributed by atoms with E-state index >= 15 is 0 Å². The SMILES string of the molecule is [C-]#[N+]c1c(Nc2ccccc2)s[nH]c1=O. The van der Waals surface area contributed by atoms with Crippen molar-refractivity contribution in [2.24, 2.45) is 0 Å². The third kappa shape index (κ3) is 1.90. The fourth-order valence-corrected chi connectivity index (χ4v) is 1.83. The van der Waals surface area contributed by atoms with Gasteiger partial charge in [-0.15, -0.1) is 0 Å². The van der Waals surface area contributed by atoms with Crippen molar-refractivity contribution in [1.29, 1.82) is 0 Å². The Kier molecular flexibility index (Phi) is 2.52. The summed E-state index contributed by atoms with van der Waals surface area (Å²) in [6.45, 7) is 6.88. The first kappa shape index (κ1) is 9.49. The topological polar surface area (TPSA) is 49.2 Å². The summed E-state index contributed by atoms with van der Waals surface area (Å²) in [6, 6.07) is 9.42. The van der Waals surface area contributed by atoms with Crippen molar-refractivity contribution in [2.75, 3.05) is 5.32 Å². The molecule has 0 bridgehead atoms. The van der Waals surface area contributed by atoms with E-state index in [0.29, 0.717) is 5.00 Å². The first-order valence-electron chi connectivity index (χ1n) is 4.22. The van der Waals surface area contributed by atoms with E-state index in [9.17, 15) is 4.79 Å². The lowest BCUT2D eigenvalue weighted by Gasteiger charge is -2.01. The van der Waals surface area contributed by atoms with Gasteiger partial charge in [-0.25, -0.2) is 4.85 Å². The van der Waals surface area contributed by atoms with Gasteiger partial charge < -0.3 is 5.32 Å². The molecule has 15 heavy (non-hydrogen) atoms. The third-order valence-corrected chi connectivity index (χ3v) is 2.61. The summed E-state index contributed by atoms with van der Waals surface area (Å²) in [5, 5.41) is 3.57. The standard InChI is InChI=1S/C10H7N3OS/c1-11-8-9(14)13-15-10(8)12-7-5-3-2-4-6-7/h2-6,12H,(H,13,14). The summed E-state index contributed by atoms with van der Waals surface area (Å²) in [4.78, 5) is 14.3. The normalized spacial score (nSPS) is 9.53. The maximum absolute atomic E-state index is 11.2. The maximum atomic E-state index is 11.2. The lowest BCUT2D eigenvalue weighted by atomic mass is 10.3. The van der Waals surface area contributed by atoms with Crippen LogP contribution in [0.2, 0.25) is 0 Å². The number of para-hydroxylation sites is 1. The maximum Gasteiger partial charge on any atom is 0.285 e. The lowest BCUT2D eigenvalue weighted by Crippen LogP contribution is -1.95. The van der Waals surface area contributed by atoms with Crippen molar-refractivity contribution in [3.8, 4) is 0 Å². The summed E-state index contributed by atoms with van der Waals surface area (Å²) in [5.74, 6) is 0. The van der Waals surface area contributed by atoms with E-state index in [2.05, 4.69) is 14.5 Å². The molecule has 4 nitrogen and oxygen atoms in total. The Labute approximate surface area is 90.2 Å². The second-order valence-electron chi connectivity index (χ2n) is 2.81. The molecule has 0 atom stereocenters. The van der Waals surface area contributed by atoms with Gasteiger partial charge in [0.25, 0.3) is 11.2 Å². The van der Waals surface area contributed by atoms with Crippen molar-refractivity contribution in [3.05, 3.63) is 52.1 Å². The molecule has 0 saturated carbocycles. The zero-order valence-electron chi connectivity index (χ0n) is 7.65. The summed E-state index contributed by atoms with van der Waals surface area (Å²) < 4.78 is 2.52. The molecule has 0 aliphatic rings. The van der Waals surface area contributed by atoms with Gasteiger partial charge >= 0.3 is 0 Å². The highest BCUT2D eigenvalue weighted by Gasteiger charge is 2.09. The van der Waals surface area contributed by atoms with Gasteiger partial charge in [-0.1, -0.05) is 29.7 Å². The number of aromatic nitrogens is 1. The predicted molar refractivity (Wildman–Crippen MR) is 60.9 cm³/mol. The van der Waals surface area contributed by atoms with Crippen LogP contribution in [0.1, 0.15) is 0 Å². The fraction of sp³-hybridized carbons (Fsp3) is 0. The molecule has 0 fully saturated rings. The highest BCUT2D eigenvalue weighted by atomic mass is 32.1. The number of nitrogens with zero attached hydrogens (tertiary/aromatic N) is 1. The molecular formula is C10H7N3OS. The minimum absolute atomic E-state index is 0.115. The van der Waals surface area contributed by atoms with Gasteiger partial charge in [0, 0.05) is 5.69 Å². The second kappa shape index (κ2) is 3.98. The molecule has 2 aromatic rings. The Bertz CT molecular complexity index is 550. The molecule has 0 saturated heterocycles. The van der Waals surface area contributed by atoms with E-state index in [1.54, 1.807) is 0 Å². The largest absolute Gasteiger partial charge is 0.355 e. The molecule has 0 radical (unpaired) electrons. The first-order valence-corrected chi connectivity index (χ1v) is 5.04. The first-order chi connectivity index (χ1) is 7.31. The van der Waals surface area contributed by atoms with Crippen LogP contribution in [0.15, 0.2) is 35.1 Å². The summed E-state index contributed by atoms with van der Waals surface area (Å²) in [5.41, 5.74) is 0.634. The number of rotatable bonds is 2. The molecule has 1 heterocycles. The molecule has 1 aromatic heterocycles. The third-order valence-electron chi connectivity index (χ3n) is 1.82. The van der Waals surface area contributed by atoms with E-state index in [1.807, 2.05) is 30.3 Å². The average Bonchev–Trinajstić information content (AvgIpc) is 2.61. The molecule has 2 rings (SSSR count). The minimum Gasteiger partial charge on any atom is -0.355 e.